The van der Waals surface area contributed by atoms with Gasteiger partial charge >= 0.3 is 0 Å². The molecule has 1 rings (SSSR count). The van der Waals surface area contributed by atoms with Crippen molar-refractivity contribution in [2.45, 2.75) is 12.8 Å². The van der Waals surface area contributed by atoms with Crippen molar-refractivity contribution in [1.29, 1.82) is 0 Å². The van der Waals surface area contributed by atoms with E-state index in [1.54, 1.807) is 19.1 Å². The Balaban J connectivity index is 2.64. The first-order valence-corrected chi connectivity index (χ1v) is 4.74. The van der Waals surface area contributed by atoms with Crippen molar-refractivity contribution in [3.63, 3.8) is 0 Å². The molecule has 0 bridgehead atoms. The van der Waals surface area contributed by atoms with E-state index in [0.29, 0.717) is 5.56 Å². The van der Waals surface area contributed by atoms with Crippen LogP contribution in [-0.4, -0.2) is 29.9 Å². The van der Waals surface area contributed by atoms with Gasteiger partial charge in [-0.05, 0) is 18.6 Å². The van der Waals surface area contributed by atoms with E-state index < -0.39 is 24.9 Å². The van der Waals surface area contributed by atoms with Gasteiger partial charge in [0.1, 0.15) is 5.69 Å². The Labute approximate surface area is 91.9 Å². The molecular formula is C10H13F2N3O. The fourth-order valence-corrected chi connectivity index (χ4v) is 1.09. The highest BCUT2D eigenvalue weighted by Gasteiger charge is 2.27. The maximum absolute atomic E-state index is 12.8. The second kappa shape index (κ2) is 4.98. The molecule has 0 fully saturated rings. The zero-order chi connectivity index (χ0) is 12.2. The highest BCUT2D eigenvalue weighted by atomic mass is 19.3. The van der Waals surface area contributed by atoms with Crippen molar-refractivity contribution in [2.75, 3.05) is 13.1 Å². The summed E-state index contributed by atoms with van der Waals surface area (Å²) in [6, 6.07) is 3.35. The first-order valence-electron chi connectivity index (χ1n) is 4.74. The van der Waals surface area contributed by atoms with Crippen molar-refractivity contribution in [3.05, 3.63) is 29.6 Å². The van der Waals surface area contributed by atoms with Gasteiger partial charge in [-0.1, -0.05) is 6.07 Å². The summed E-state index contributed by atoms with van der Waals surface area (Å²) in [5.74, 6) is -3.70. The van der Waals surface area contributed by atoms with Gasteiger partial charge in [0.15, 0.2) is 0 Å². The van der Waals surface area contributed by atoms with E-state index in [1.807, 2.05) is 0 Å². The number of hydrogen-bond donors (Lipinski definition) is 2. The number of alkyl halides is 2. The molecule has 88 valence electrons. The Kier molecular flexibility index (Phi) is 3.89. The summed E-state index contributed by atoms with van der Waals surface area (Å²) in [6.07, 6.45) is 1.43. The number of rotatable bonds is 4. The van der Waals surface area contributed by atoms with Crippen LogP contribution in [0.4, 0.5) is 8.78 Å². The van der Waals surface area contributed by atoms with Crippen LogP contribution in [0.25, 0.3) is 0 Å². The summed E-state index contributed by atoms with van der Waals surface area (Å²) in [6.45, 7) is 0.107. The molecule has 1 aromatic rings. The van der Waals surface area contributed by atoms with Gasteiger partial charge in [0, 0.05) is 6.20 Å². The summed E-state index contributed by atoms with van der Waals surface area (Å²) >= 11 is 0. The lowest BCUT2D eigenvalue weighted by Crippen LogP contribution is -2.41. The third-order valence-corrected chi connectivity index (χ3v) is 2.03. The maximum Gasteiger partial charge on any atom is 0.277 e. The number of hydrogen-bond acceptors (Lipinski definition) is 3. The van der Waals surface area contributed by atoms with Gasteiger partial charge in [-0.3, -0.25) is 9.78 Å². The highest BCUT2D eigenvalue weighted by molar-refractivity contribution is 5.93. The lowest BCUT2D eigenvalue weighted by Gasteiger charge is -2.14. The summed E-state index contributed by atoms with van der Waals surface area (Å²) < 4.78 is 25.5. The van der Waals surface area contributed by atoms with Crippen LogP contribution in [0.15, 0.2) is 18.3 Å². The third-order valence-electron chi connectivity index (χ3n) is 2.03. The summed E-state index contributed by atoms with van der Waals surface area (Å²) in [5.41, 5.74) is 5.63. The average molecular weight is 229 g/mol. The molecule has 6 heteroatoms. The van der Waals surface area contributed by atoms with Gasteiger partial charge in [0.05, 0.1) is 13.1 Å². The molecule has 1 heterocycles. The van der Waals surface area contributed by atoms with E-state index in [-0.39, 0.29) is 5.69 Å². The minimum absolute atomic E-state index is 0.148. The van der Waals surface area contributed by atoms with Crippen molar-refractivity contribution < 1.29 is 13.6 Å². The SMILES string of the molecule is Cc1cccnc1C(=O)NCC(F)(F)CN. The van der Waals surface area contributed by atoms with Crippen molar-refractivity contribution in [1.82, 2.24) is 10.3 Å². The molecule has 0 spiro atoms. The second-order valence-corrected chi connectivity index (χ2v) is 3.41. The molecule has 0 saturated heterocycles. The fraction of sp³-hybridized carbons (Fsp3) is 0.400. The monoisotopic (exact) mass is 229 g/mol. The third kappa shape index (κ3) is 3.23. The number of carbonyl (C=O) groups excluding carboxylic acids is 1. The summed E-state index contributed by atoms with van der Waals surface area (Å²) in [5, 5.41) is 2.10. The highest BCUT2D eigenvalue weighted by Crippen LogP contribution is 2.09. The van der Waals surface area contributed by atoms with Gasteiger partial charge in [0.25, 0.3) is 11.8 Å². The number of amides is 1. The fourth-order valence-electron chi connectivity index (χ4n) is 1.09. The van der Waals surface area contributed by atoms with Crippen LogP contribution in [0.5, 0.6) is 0 Å². The van der Waals surface area contributed by atoms with Gasteiger partial charge in [-0.25, -0.2) is 8.78 Å². The number of aryl methyl sites for hydroxylation is 1. The molecule has 1 aromatic heterocycles. The van der Waals surface area contributed by atoms with Crippen molar-refractivity contribution >= 4 is 5.91 Å². The standard InChI is InChI=1S/C10H13F2N3O/c1-7-3-2-4-14-8(7)9(16)15-6-10(11,12)5-13/h2-4H,5-6,13H2,1H3,(H,15,16). The molecular weight excluding hydrogens is 216 g/mol. The lowest BCUT2D eigenvalue weighted by molar-refractivity contribution is 0.0118. The molecule has 0 saturated carbocycles. The number of nitrogens with one attached hydrogen (secondary N) is 1. The van der Waals surface area contributed by atoms with Gasteiger partial charge in [0.2, 0.25) is 0 Å². The van der Waals surface area contributed by atoms with E-state index in [9.17, 15) is 13.6 Å². The lowest BCUT2D eigenvalue weighted by atomic mass is 10.2. The molecule has 1 amide bonds. The second-order valence-electron chi connectivity index (χ2n) is 3.41. The minimum Gasteiger partial charge on any atom is -0.345 e. The Bertz CT molecular complexity index is 382. The molecule has 0 aromatic carbocycles. The molecule has 16 heavy (non-hydrogen) atoms. The molecule has 3 N–H and O–H groups in total. The van der Waals surface area contributed by atoms with E-state index in [1.165, 1.54) is 6.20 Å². The van der Waals surface area contributed by atoms with E-state index in [0.717, 1.165) is 0 Å². The van der Waals surface area contributed by atoms with Gasteiger partial charge in [-0.2, -0.15) is 0 Å². The number of nitrogens with zero attached hydrogens (tertiary/aromatic N) is 1. The van der Waals surface area contributed by atoms with Crippen molar-refractivity contribution in [3.8, 4) is 0 Å². The van der Waals surface area contributed by atoms with Crippen molar-refractivity contribution in [2.24, 2.45) is 5.73 Å². The summed E-state index contributed by atoms with van der Waals surface area (Å²) in [7, 11) is 0. The number of pyridine rings is 1. The van der Waals surface area contributed by atoms with Crippen LogP contribution in [0, 0.1) is 6.92 Å². The van der Waals surface area contributed by atoms with Crippen LogP contribution in [0.3, 0.4) is 0 Å². The molecule has 0 atom stereocenters. The van der Waals surface area contributed by atoms with Gasteiger partial charge < -0.3 is 11.1 Å². The Morgan fingerprint density at radius 3 is 2.88 bits per heavy atom. The number of carbonyl (C=O) groups is 1. The topological polar surface area (TPSA) is 68.0 Å². The van der Waals surface area contributed by atoms with E-state index >= 15 is 0 Å². The maximum atomic E-state index is 12.8. The molecule has 0 aliphatic carbocycles. The van der Waals surface area contributed by atoms with Crippen LogP contribution >= 0.6 is 0 Å². The normalized spacial score (nSPS) is 11.2. The first-order chi connectivity index (χ1) is 7.46. The molecule has 4 nitrogen and oxygen atoms in total. The van der Waals surface area contributed by atoms with Crippen LogP contribution in [-0.2, 0) is 0 Å². The van der Waals surface area contributed by atoms with Crippen LogP contribution < -0.4 is 11.1 Å². The average Bonchev–Trinajstić information content (AvgIpc) is 2.27. The predicted octanol–water partition coefficient (Wildman–Crippen LogP) is 0.714. The first kappa shape index (κ1) is 12.5. The number of nitrogens with two attached hydrogens (primary N) is 1. The zero-order valence-electron chi connectivity index (χ0n) is 8.84. The molecule has 0 radical (unpaired) electrons. The van der Waals surface area contributed by atoms with Gasteiger partial charge in [-0.15, -0.1) is 0 Å². The number of halogens is 2. The van der Waals surface area contributed by atoms with Crippen LogP contribution in [0.2, 0.25) is 0 Å². The Morgan fingerprint density at radius 2 is 2.31 bits per heavy atom. The Morgan fingerprint density at radius 1 is 1.62 bits per heavy atom. The Hall–Kier alpha value is -1.56. The number of aromatic nitrogens is 1. The minimum atomic E-state index is -3.08. The zero-order valence-corrected chi connectivity index (χ0v) is 8.84. The summed E-state index contributed by atoms with van der Waals surface area (Å²) in [4.78, 5) is 15.3. The largest absolute Gasteiger partial charge is 0.345 e. The molecule has 0 unspecified atom stereocenters. The quantitative estimate of drug-likeness (QED) is 0.799. The van der Waals surface area contributed by atoms with Crippen LogP contribution in [0.1, 0.15) is 16.1 Å². The van der Waals surface area contributed by atoms with E-state index in [2.05, 4.69) is 10.3 Å². The molecule has 0 aliphatic heterocycles. The molecule has 0 aliphatic rings. The smallest absolute Gasteiger partial charge is 0.277 e. The van der Waals surface area contributed by atoms with E-state index in [4.69, 9.17) is 5.73 Å². The predicted molar refractivity (Wildman–Crippen MR) is 55.3 cm³/mol.